The van der Waals surface area contributed by atoms with Crippen molar-refractivity contribution in [2.24, 2.45) is 0 Å². The average molecular weight is 151 g/mol. The summed E-state index contributed by atoms with van der Waals surface area (Å²) >= 11 is 1.91. The van der Waals surface area contributed by atoms with E-state index in [1.165, 1.54) is 10.6 Å². The Bertz CT molecular complexity index is 238. The summed E-state index contributed by atoms with van der Waals surface area (Å²) in [5, 5.41) is 0. The van der Waals surface area contributed by atoms with Gasteiger partial charge in [0.05, 0.1) is 5.70 Å². The molecule has 0 radical (unpaired) electrons. The summed E-state index contributed by atoms with van der Waals surface area (Å²) in [6.45, 7) is 0. The van der Waals surface area contributed by atoms with Crippen molar-refractivity contribution in [2.45, 2.75) is 0 Å². The van der Waals surface area contributed by atoms with E-state index in [-0.39, 0.29) is 0 Å². The van der Waals surface area contributed by atoms with E-state index in [0.29, 0.717) is 0 Å². The molecular weight excluding hydrogens is 142 g/mol. The van der Waals surface area contributed by atoms with E-state index in [2.05, 4.69) is 36.4 Å². The molecule has 0 aromatic carbocycles. The van der Waals surface area contributed by atoms with Crippen molar-refractivity contribution in [1.82, 2.24) is 4.90 Å². The molecule has 2 heterocycles. The molecule has 0 aromatic rings. The Hall–Kier alpha value is -0.630. The predicted octanol–water partition coefficient (Wildman–Crippen LogP) is 1.96. The summed E-state index contributed by atoms with van der Waals surface area (Å²) < 4.78 is 0. The minimum Gasteiger partial charge on any atom is -0.350 e. The summed E-state index contributed by atoms with van der Waals surface area (Å²) in [4.78, 5) is 3.57. The Morgan fingerprint density at radius 1 is 1.60 bits per heavy atom. The fourth-order valence-corrected chi connectivity index (χ4v) is 2.15. The monoisotopic (exact) mass is 151 g/mol. The molecule has 2 rings (SSSR count). The van der Waals surface area contributed by atoms with Crippen LogP contribution in [0.15, 0.2) is 35.0 Å². The Balaban J connectivity index is 2.39. The van der Waals surface area contributed by atoms with Gasteiger partial charge in [-0.25, -0.2) is 0 Å². The van der Waals surface area contributed by atoms with Crippen molar-refractivity contribution >= 4 is 11.8 Å². The maximum Gasteiger partial charge on any atom is 0.0509 e. The van der Waals surface area contributed by atoms with E-state index >= 15 is 0 Å². The number of likely N-dealkylation sites (N-methyl/N-ethyl adjacent to an activating group) is 1. The zero-order valence-corrected chi connectivity index (χ0v) is 6.69. The molecule has 0 unspecified atom stereocenters. The van der Waals surface area contributed by atoms with Gasteiger partial charge < -0.3 is 4.90 Å². The second-order valence-corrected chi connectivity index (χ2v) is 3.45. The van der Waals surface area contributed by atoms with Gasteiger partial charge in [0, 0.05) is 23.9 Å². The highest BCUT2D eigenvalue weighted by Crippen LogP contribution is 2.34. The van der Waals surface area contributed by atoms with E-state index in [0.717, 1.165) is 5.75 Å². The standard InChI is InChI=1S/C8H9NS/c1-9-5-2-3-8-7(9)4-6-10-8/h2-5H,6H2,1H3. The van der Waals surface area contributed by atoms with Crippen LogP contribution in [0.4, 0.5) is 0 Å². The van der Waals surface area contributed by atoms with E-state index in [1.807, 2.05) is 11.8 Å². The van der Waals surface area contributed by atoms with Gasteiger partial charge in [-0.1, -0.05) is 0 Å². The molecule has 0 spiro atoms. The van der Waals surface area contributed by atoms with Crippen molar-refractivity contribution < 1.29 is 0 Å². The zero-order valence-electron chi connectivity index (χ0n) is 5.87. The van der Waals surface area contributed by atoms with Gasteiger partial charge in [0.25, 0.3) is 0 Å². The molecule has 0 fully saturated rings. The van der Waals surface area contributed by atoms with Crippen molar-refractivity contribution in [3.05, 3.63) is 35.0 Å². The van der Waals surface area contributed by atoms with Gasteiger partial charge in [-0.05, 0) is 18.2 Å². The Labute approximate surface area is 65.1 Å². The molecule has 2 aliphatic heterocycles. The molecule has 52 valence electrons. The lowest BCUT2D eigenvalue weighted by Gasteiger charge is -2.19. The smallest absolute Gasteiger partial charge is 0.0509 e. The van der Waals surface area contributed by atoms with Crippen LogP contribution in [0.1, 0.15) is 0 Å². The first-order chi connectivity index (χ1) is 4.88. The summed E-state index contributed by atoms with van der Waals surface area (Å²) in [5.74, 6) is 1.13. The van der Waals surface area contributed by atoms with Gasteiger partial charge in [0.2, 0.25) is 0 Å². The second-order valence-electron chi connectivity index (χ2n) is 2.38. The fraction of sp³-hybridized carbons (Fsp3) is 0.250. The maximum absolute atomic E-state index is 2.26. The van der Waals surface area contributed by atoms with Crippen molar-refractivity contribution in [3.8, 4) is 0 Å². The lowest BCUT2D eigenvalue weighted by Crippen LogP contribution is -2.11. The van der Waals surface area contributed by atoms with Crippen LogP contribution in [-0.4, -0.2) is 17.7 Å². The van der Waals surface area contributed by atoms with E-state index < -0.39 is 0 Å². The van der Waals surface area contributed by atoms with E-state index in [9.17, 15) is 0 Å². The number of allylic oxidation sites excluding steroid dienone is 2. The normalized spacial score (nSPS) is 22.3. The van der Waals surface area contributed by atoms with Gasteiger partial charge in [-0.2, -0.15) is 0 Å². The largest absolute Gasteiger partial charge is 0.350 e. The number of fused-ring (bicyclic) bond motifs is 1. The molecule has 0 atom stereocenters. The number of rotatable bonds is 0. The Kier molecular flexibility index (Phi) is 1.34. The maximum atomic E-state index is 2.26. The molecule has 0 aromatic heterocycles. The van der Waals surface area contributed by atoms with Gasteiger partial charge in [0.15, 0.2) is 0 Å². The van der Waals surface area contributed by atoms with Gasteiger partial charge >= 0.3 is 0 Å². The molecule has 0 saturated carbocycles. The average Bonchev–Trinajstić information content (AvgIpc) is 2.36. The molecule has 2 heteroatoms. The molecule has 0 aliphatic carbocycles. The minimum atomic E-state index is 1.13. The summed E-state index contributed by atoms with van der Waals surface area (Å²) in [5.41, 5.74) is 1.37. The summed E-state index contributed by atoms with van der Waals surface area (Å²) in [6.07, 6.45) is 8.61. The van der Waals surface area contributed by atoms with Crippen LogP contribution in [0.3, 0.4) is 0 Å². The predicted molar refractivity (Wildman–Crippen MR) is 45.5 cm³/mol. The fourth-order valence-electron chi connectivity index (χ4n) is 1.18. The number of thioether (sulfide) groups is 1. The van der Waals surface area contributed by atoms with Crippen molar-refractivity contribution in [2.75, 3.05) is 12.8 Å². The lowest BCUT2D eigenvalue weighted by molar-refractivity contribution is 0.582. The third kappa shape index (κ3) is 0.797. The number of nitrogens with zero attached hydrogens (tertiary/aromatic N) is 1. The van der Waals surface area contributed by atoms with Crippen LogP contribution in [-0.2, 0) is 0 Å². The van der Waals surface area contributed by atoms with Crippen molar-refractivity contribution in [3.63, 3.8) is 0 Å². The second kappa shape index (κ2) is 2.20. The highest BCUT2D eigenvalue weighted by atomic mass is 32.2. The quantitative estimate of drug-likeness (QED) is 0.520. The molecule has 2 aliphatic rings. The van der Waals surface area contributed by atoms with Crippen LogP contribution in [0.5, 0.6) is 0 Å². The summed E-state index contributed by atoms with van der Waals surface area (Å²) in [6, 6.07) is 0. The van der Waals surface area contributed by atoms with Gasteiger partial charge in [-0.15, -0.1) is 11.8 Å². The van der Waals surface area contributed by atoms with Crippen LogP contribution in [0.25, 0.3) is 0 Å². The molecule has 10 heavy (non-hydrogen) atoms. The minimum absolute atomic E-state index is 1.13. The first-order valence-corrected chi connectivity index (χ1v) is 4.31. The molecule has 1 nitrogen and oxygen atoms in total. The molecule has 0 saturated heterocycles. The topological polar surface area (TPSA) is 3.24 Å². The SMILES string of the molecule is CN1C=CC=C2SCC=C21. The zero-order chi connectivity index (χ0) is 6.97. The van der Waals surface area contributed by atoms with Crippen LogP contribution < -0.4 is 0 Å². The molecular formula is C8H9NS. The highest BCUT2D eigenvalue weighted by molar-refractivity contribution is 8.03. The summed E-state index contributed by atoms with van der Waals surface area (Å²) in [7, 11) is 2.08. The van der Waals surface area contributed by atoms with E-state index in [1.54, 1.807) is 0 Å². The van der Waals surface area contributed by atoms with Gasteiger partial charge in [-0.3, -0.25) is 0 Å². The molecule has 0 bridgehead atoms. The molecule has 0 amide bonds. The third-order valence-electron chi connectivity index (χ3n) is 1.71. The van der Waals surface area contributed by atoms with Crippen LogP contribution in [0, 0.1) is 0 Å². The number of hydrogen-bond acceptors (Lipinski definition) is 2. The Morgan fingerprint density at radius 3 is 3.30 bits per heavy atom. The highest BCUT2D eigenvalue weighted by Gasteiger charge is 2.15. The first-order valence-electron chi connectivity index (χ1n) is 3.32. The van der Waals surface area contributed by atoms with Crippen LogP contribution >= 0.6 is 11.8 Å². The number of hydrogen-bond donors (Lipinski definition) is 0. The third-order valence-corrected chi connectivity index (χ3v) is 2.69. The molecule has 0 N–H and O–H groups in total. The van der Waals surface area contributed by atoms with Crippen LogP contribution in [0.2, 0.25) is 0 Å². The Morgan fingerprint density at radius 2 is 2.50 bits per heavy atom. The van der Waals surface area contributed by atoms with E-state index in [4.69, 9.17) is 0 Å². The first kappa shape index (κ1) is 6.10. The lowest BCUT2D eigenvalue weighted by atomic mass is 10.3. The van der Waals surface area contributed by atoms with Crippen molar-refractivity contribution in [1.29, 1.82) is 0 Å². The van der Waals surface area contributed by atoms with Gasteiger partial charge in [0.1, 0.15) is 0 Å².